The molecule has 0 amide bonds. The fraction of sp³-hybridized carbons (Fsp3) is 0.786. The molecule has 1 aromatic heterocycles. The lowest BCUT2D eigenvalue weighted by Crippen LogP contribution is -2.34. The number of aryl methyl sites for hydroxylation is 1. The summed E-state index contributed by atoms with van der Waals surface area (Å²) in [6.07, 6.45) is 10.5. The van der Waals surface area contributed by atoms with Gasteiger partial charge in [0.15, 0.2) is 0 Å². The van der Waals surface area contributed by atoms with E-state index in [-0.39, 0.29) is 0 Å². The first kappa shape index (κ1) is 12.6. The van der Waals surface area contributed by atoms with E-state index in [1.807, 2.05) is 6.20 Å². The van der Waals surface area contributed by atoms with Crippen LogP contribution in [0.5, 0.6) is 0 Å². The summed E-state index contributed by atoms with van der Waals surface area (Å²) in [7, 11) is 0. The average Bonchev–Trinajstić information content (AvgIpc) is 2.79. The van der Waals surface area contributed by atoms with Crippen molar-refractivity contribution in [3.05, 3.63) is 18.2 Å². The standard InChI is InChI=1S/C14H25N3/c1-3-14-16-9-11-17(14)10-8-15-13-6-4-12(2)5-7-13/h9,11-13,15H,3-8,10H2,1-2H3. The SMILES string of the molecule is CCc1nccn1CCNC1CCC(C)CC1. The van der Waals surface area contributed by atoms with E-state index >= 15 is 0 Å². The summed E-state index contributed by atoms with van der Waals surface area (Å²) in [5, 5.41) is 3.68. The highest BCUT2D eigenvalue weighted by atomic mass is 15.1. The van der Waals surface area contributed by atoms with Crippen molar-refractivity contribution in [3.8, 4) is 0 Å². The first-order valence-electron chi connectivity index (χ1n) is 7.03. The van der Waals surface area contributed by atoms with Gasteiger partial charge in [-0.3, -0.25) is 0 Å². The second kappa shape index (κ2) is 6.20. The van der Waals surface area contributed by atoms with Crippen molar-refractivity contribution in [1.29, 1.82) is 0 Å². The molecule has 3 nitrogen and oxygen atoms in total. The lowest BCUT2D eigenvalue weighted by molar-refractivity contribution is 0.305. The zero-order valence-corrected chi connectivity index (χ0v) is 11.2. The van der Waals surface area contributed by atoms with Crippen LogP contribution in [-0.4, -0.2) is 22.1 Å². The Labute approximate surface area is 105 Å². The maximum absolute atomic E-state index is 4.35. The maximum atomic E-state index is 4.35. The molecular weight excluding hydrogens is 210 g/mol. The molecule has 0 aliphatic heterocycles. The van der Waals surface area contributed by atoms with Gasteiger partial charge in [0.2, 0.25) is 0 Å². The highest BCUT2D eigenvalue weighted by Crippen LogP contribution is 2.23. The molecule has 96 valence electrons. The van der Waals surface area contributed by atoms with Gasteiger partial charge in [-0.05, 0) is 31.6 Å². The van der Waals surface area contributed by atoms with Crippen molar-refractivity contribution in [2.24, 2.45) is 5.92 Å². The van der Waals surface area contributed by atoms with Crippen molar-refractivity contribution in [2.45, 2.75) is 58.5 Å². The van der Waals surface area contributed by atoms with Crippen molar-refractivity contribution in [1.82, 2.24) is 14.9 Å². The van der Waals surface area contributed by atoms with Gasteiger partial charge in [0.25, 0.3) is 0 Å². The van der Waals surface area contributed by atoms with Gasteiger partial charge in [0.1, 0.15) is 5.82 Å². The third kappa shape index (κ3) is 3.56. The van der Waals surface area contributed by atoms with Crippen molar-refractivity contribution in [2.75, 3.05) is 6.54 Å². The van der Waals surface area contributed by atoms with E-state index in [0.29, 0.717) is 0 Å². The van der Waals surface area contributed by atoms with Gasteiger partial charge in [-0.2, -0.15) is 0 Å². The predicted octanol–water partition coefficient (Wildman–Crippen LogP) is 2.61. The largest absolute Gasteiger partial charge is 0.334 e. The third-order valence-electron chi connectivity index (χ3n) is 3.92. The third-order valence-corrected chi connectivity index (χ3v) is 3.92. The number of hydrogen-bond donors (Lipinski definition) is 1. The van der Waals surface area contributed by atoms with Crippen LogP contribution in [0, 0.1) is 5.92 Å². The molecule has 0 atom stereocenters. The Morgan fingerprint density at radius 3 is 2.82 bits per heavy atom. The first-order valence-corrected chi connectivity index (χ1v) is 7.03. The molecule has 0 bridgehead atoms. The zero-order chi connectivity index (χ0) is 12.1. The Hall–Kier alpha value is -0.830. The van der Waals surface area contributed by atoms with Crippen LogP contribution < -0.4 is 5.32 Å². The number of aromatic nitrogens is 2. The molecule has 1 aliphatic carbocycles. The Bertz CT molecular complexity index is 324. The smallest absolute Gasteiger partial charge is 0.108 e. The van der Waals surface area contributed by atoms with Gasteiger partial charge in [-0.1, -0.05) is 13.8 Å². The lowest BCUT2D eigenvalue weighted by atomic mass is 9.87. The number of rotatable bonds is 5. The number of nitrogens with zero attached hydrogens (tertiary/aromatic N) is 2. The lowest BCUT2D eigenvalue weighted by Gasteiger charge is -2.27. The normalized spacial score (nSPS) is 25.1. The monoisotopic (exact) mass is 235 g/mol. The van der Waals surface area contributed by atoms with Crippen LogP contribution in [0.1, 0.15) is 45.4 Å². The summed E-state index contributed by atoms with van der Waals surface area (Å²) >= 11 is 0. The van der Waals surface area contributed by atoms with Crippen LogP contribution in [-0.2, 0) is 13.0 Å². The molecule has 1 heterocycles. The van der Waals surface area contributed by atoms with Gasteiger partial charge in [0.05, 0.1) is 0 Å². The highest BCUT2D eigenvalue weighted by Gasteiger charge is 2.17. The summed E-state index contributed by atoms with van der Waals surface area (Å²) in [6, 6.07) is 0.750. The average molecular weight is 235 g/mol. The number of nitrogens with one attached hydrogen (secondary N) is 1. The van der Waals surface area contributed by atoms with Gasteiger partial charge >= 0.3 is 0 Å². The van der Waals surface area contributed by atoms with Crippen LogP contribution in [0.15, 0.2) is 12.4 Å². The Balaban J connectivity index is 1.69. The molecule has 0 saturated heterocycles. The quantitative estimate of drug-likeness (QED) is 0.850. The van der Waals surface area contributed by atoms with E-state index in [1.54, 1.807) is 0 Å². The Kier molecular flexibility index (Phi) is 4.60. The van der Waals surface area contributed by atoms with Crippen LogP contribution in [0.25, 0.3) is 0 Å². The molecule has 0 aromatic carbocycles. The fourth-order valence-corrected chi connectivity index (χ4v) is 2.71. The van der Waals surface area contributed by atoms with E-state index < -0.39 is 0 Å². The molecule has 0 radical (unpaired) electrons. The number of imidazole rings is 1. The van der Waals surface area contributed by atoms with E-state index in [4.69, 9.17) is 0 Å². The van der Waals surface area contributed by atoms with Crippen molar-refractivity contribution in [3.63, 3.8) is 0 Å². The second-order valence-electron chi connectivity index (χ2n) is 5.30. The highest BCUT2D eigenvalue weighted by molar-refractivity contribution is 4.91. The summed E-state index contributed by atoms with van der Waals surface area (Å²) in [6.45, 7) is 6.65. The molecule has 0 spiro atoms. The van der Waals surface area contributed by atoms with E-state index in [1.165, 1.54) is 31.5 Å². The van der Waals surface area contributed by atoms with Crippen molar-refractivity contribution < 1.29 is 0 Å². The molecule has 17 heavy (non-hydrogen) atoms. The first-order chi connectivity index (χ1) is 8.29. The zero-order valence-electron chi connectivity index (χ0n) is 11.2. The van der Waals surface area contributed by atoms with Crippen LogP contribution in [0.4, 0.5) is 0 Å². The molecule has 1 N–H and O–H groups in total. The molecule has 1 aliphatic rings. The van der Waals surface area contributed by atoms with Crippen LogP contribution in [0.3, 0.4) is 0 Å². The molecule has 1 saturated carbocycles. The van der Waals surface area contributed by atoms with Crippen LogP contribution in [0.2, 0.25) is 0 Å². The maximum Gasteiger partial charge on any atom is 0.108 e. The summed E-state index contributed by atoms with van der Waals surface area (Å²) < 4.78 is 2.26. The molecule has 1 aromatic rings. The molecule has 2 rings (SSSR count). The summed E-state index contributed by atoms with van der Waals surface area (Å²) in [5.74, 6) is 2.14. The van der Waals surface area contributed by atoms with Gasteiger partial charge in [-0.25, -0.2) is 4.98 Å². The number of hydrogen-bond acceptors (Lipinski definition) is 2. The van der Waals surface area contributed by atoms with Crippen molar-refractivity contribution >= 4 is 0 Å². The molecule has 3 heteroatoms. The van der Waals surface area contributed by atoms with Gasteiger partial charge < -0.3 is 9.88 Å². The van der Waals surface area contributed by atoms with Crippen LogP contribution >= 0.6 is 0 Å². The Morgan fingerprint density at radius 2 is 2.12 bits per heavy atom. The summed E-state index contributed by atoms with van der Waals surface area (Å²) in [4.78, 5) is 4.35. The van der Waals surface area contributed by atoms with Gasteiger partial charge in [-0.15, -0.1) is 0 Å². The fourth-order valence-electron chi connectivity index (χ4n) is 2.71. The summed E-state index contributed by atoms with van der Waals surface area (Å²) in [5.41, 5.74) is 0. The minimum atomic E-state index is 0.750. The minimum Gasteiger partial charge on any atom is -0.334 e. The van der Waals surface area contributed by atoms with Gasteiger partial charge in [0, 0.05) is 37.9 Å². The predicted molar refractivity (Wildman–Crippen MR) is 71.0 cm³/mol. The topological polar surface area (TPSA) is 29.9 Å². The van der Waals surface area contributed by atoms with E-state index in [9.17, 15) is 0 Å². The molecule has 0 unspecified atom stereocenters. The van der Waals surface area contributed by atoms with E-state index in [2.05, 4.69) is 34.9 Å². The second-order valence-corrected chi connectivity index (χ2v) is 5.30. The van der Waals surface area contributed by atoms with E-state index in [0.717, 1.165) is 31.5 Å². The minimum absolute atomic E-state index is 0.750. The molecular formula is C14H25N3. The Morgan fingerprint density at radius 1 is 1.35 bits per heavy atom. The molecule has 1 fully saturated rings.